The van der Waals surface area contributed by atoms with Crippen molar-refractivity contribution in [2.24, 2.45) is 0 Å². The molecule has 0 saturated heterocycles. The average Bonchev–Trinajstić information content (AvgIpc) is 2.45. The molecule has 0 bridgehead atoms. The molecule has 0 saturated carbocycles. The molecule has 0 atom stereocenters. The molecule has 0 heterocycles. The van der Waals surface area contributed by atoms with E-state index in [-0.39, 0.29) is 10.8 Å². The van der Waals surface area contributed by atoms with E-state index in [1.165, 1.54) is 16.0 Å². The van der Waals surface area contributed by atoms with Gasteiger partial charge in [-0.2, -0.15) is 0 Å². The minimum absolute atomic E-state index is 0.107. The molecule has 0 aliphatic rings. The zero-order valence-electron chi connectivity index (χ0n) is 15.1. The van der Waals surface area contributed by atoms with Gasteiger partial charge in [-0.05, 0) is 52.3 Å². The zero-order valence-corrected chi connectivity index (χ0v) is 15.9. The van der Waals surface area contributed by atoms with Crippen molar-refractivity contribution in [3.63, 3.8) is 0 Å². The first kappa shape index (κ1) is 17.9. The first-order chi connectivity index (χ1) is 10.6. The lowest BCUT2D eigenvalue weighted by molar-refractivity contribution is 0.433. The fourth-order valence-corrected chi connectivity index (χ4v) is 3.98. The van der Waals surface area contributed by atoms with Crippen molar-refractivity contribution < 1.29 is 5.11 Å². The van der Waals surface area contributed by atoms with Crippen molar-refractivity contribution in [1.29, 1.82) is 0 Å². The van der Waals surface area contributed by atoms with Crippen LogP contribution in [0.3, 0.4) is 0 Å². The second kappa shape index (κ2) is 6.60. The monoisotopic (exact) mass is 328 g/mol. The summed E-state index contributed by atoms with van der Waals surface area (Å²) in [5.41, 5.74) is 3.77. The van der Waals surface area contributed by atoms with Crippen molar-refractivity contribution in [2.75, 3.05) is 6.26 Å². The Morgan fingerprint density at radius 2 is 1.57 bits per heavy atom. The molecule has 0 aliphatic carbocycles. The van der Waals surface area contributed by atoms with Crippen LogP contribution in [0.5, 0.6) is 5.75 Å². The molecular weight excluding hydrogens is 300 g/mol. The normalized spacial score (nSPS) is 12.4. The Labute approximate surface area is 145 Å². The standard InChI is InChI=1S/C21H28OS/c1-20(2,3)17-12-11-15(13-19(17)23-6)14-21(4,5)16-9-7-8-10-18(16)22/h7-13,22H,14H2,1-6H3. The molecule has 0 amide bonds. The summed E-state index contributed by atoms with van der Waals surface area (Å²) in [5, 5.41) is 10.2. The number of hydrogen-bond donors (Lipinski definition) is 1. The van der Waals surface area contributed by atoms with E-state index in [4.69, 9.17) is 0 Å². The molecule has 124 valence electrons. The van der Waals surface area contributed by atoms with Crippen molar-refractivity contribution in [1.82, 2.24) is 0 Å². The number of phenolic OH excluding ortho intramolecular Hbond substituents is 1. The summed E-state index contributed by atoms with van der Waals surface area (Å²) >= 11 is 1.81. The van der Waals surface area contributed by atoms with Gasteiger partial charge < -0.3 is 5.11 Å². The van der Waals surface area contributed by atoms with Gasteiger partial charge in [0.1, 0.15) is 5.75 Å². The van der Waals surface area contributed by atoms with Crippen LogP contribution in [0, 0.1) is 0 Å². The second-order valence-corrected chi connectivity index (χ2v) is 8.71. The summed E-state index contributed by atoms with van der Waals surface area (Å²) < 4.78 is 0. The topological polar surface area (TPSA) is 20.2 Å². The summed E-state index contributed by atoms with van der Waals surface area (Å²) in [5.74, 6) is 0.383. The van der Waals surface area contributed by atoms with Gasteiger partial charge in [0, 0.05) is 4.90 Å². The lowest BCUT2D eigenvalue weighted by Crippen LogP contribution is -2.21. The third-order valence-corrected chi connectivity index (χ3v) is 5.13. The van der Waals surface area contributed by atoms with Crippen molar-refractivity contribution in [2.45, 2.75) is 56.8 Å². The van der Waals surface area contributed by atoms with Gasteiger partial charge in [-0.1, -0.05) is 65.0 Å². The van der Waals surface area contributed by atoms with E-state index in [1.807, 2.05) is 30.0 Å². The first-order valence-corrected chi connectivity index (χ1v) is 9.33. The van der Waals surface area contributed by atoms with E-state index >= 15 is 0 Å². The van der Waals surface area contributed by atoms with Gasteiger partial charge in [-0.15, -0.1) is 11.8 Å². The highest BCUT2D eigenvalue weighted by molar-refractivity contribution is 7.98. The van der Waals surface area contributed by atoms with Crippen LogP contribution in [0.2, 0.25) is 0 Å². The van der Waals surface area contributed by atoms with Gasteiger partial charge in [-0.25, -0.2) is 0 Å². The van der Waals surface area contributed by atoms with Crippen molar-refractivity contribution >= 4 is 11.8 Å². The maximum atomic E-state index is 10.2. The Kier molecular flexibility index (Phi) is 5.15. The molecule has 0 unspecified atom stereocenters. The van der Waals surface area contributed by atoms with Crippen LogP contribution in [-0.4, -0.2) is 11.4 Å². The molecule has 0 radical (unpaired) electrons. The first-order valence-electron chi connectivity index (χ1n) is 8.11. The van der Waals surface area contributed by atoms with Crippen LogP contribution >= 0.6 is 11.8 Å². The highest BCUT2D eigenvalue weighted by Crippen LogP contribution is 2.36. The van der Waals surface area contributed by atoms with Crippen LogP contribution in [-0.2, 0) is 17.3 Å². The number of benzene rings is 2. The van der Waals surface area contributed by atoms with Crippen LogP contribution in [0.4, 0.5) is 0 Å². The van der Waals surface area contributed by atoms with Crippen molar-refractivity contribution in [3.05, 3.63) is 59.2 Å². The second-order valence-electron chi connectivity index (χ2n) is 7.86. The van der Waals surface area contributed by atoms with E-state index in [9.17, 15) is 5.11 Å². The Hall–Kier alpha value is -1.41. The molecule has 2 aromatic carbocycles. The van der Waals surface area contributed by atoms with E-state index in [2.05, 4.69) is 59.1 Å². The molecule has 0 fully saturated rings. The van der Waals surface area contributed by atoms with Gasteiger partial charge in [0.2, 0.25) is 0 Å². The number of phenols is 1. The van der Waals surface area contributed by atoms with E-state index in [1.54, 1.807) is 6.07 Å². The predicted molar refractivity (Wildman–Crippen MR) is 102 cm³/mol. The number of rotatable bonds is 4. The fourth-order valence-electron chi connectivity index (χ4n) is 3.12. The van der Waals surface area contributed by atoms with E-state index in [0.29, 0.717) is 5.75 Å². The molecule has 2 heteroatoms. The van der Waals surface area contributed by atoms with Gasteiger partial charge in [-0.3, -0.25) is 0 Å². The fraction of sp³-hybridized carbons (Fsp3) is 0.429. The van der Waals surface area contributed by atoms with E-state index < -0.39 is 0 Å². The summed E-state index contributed by atoms with van der Waals surface area (Å²) in [4.78, 5) is 1.35. The Morgan fingerprint density at radius 3 is 2.13 bits per heavy atom. The number of aromatic hydroxyl groups is 1. The minimum Gasteiger partial charge on any atom is -0.508 e. The SMILES string of the molecule is CSc1cc(CC(C)(C)c2ccccc2O)ccc1C(C)(C)C. The third kappa shape index (κ3) is 4.11. The van der Waals surface area contributed by atoms with Crippen LogP contribution < -0.4 is 0 Å². The quantitative estimate of drug-likeness (QED) is 0.702. The molecule has 23 heavy (non-hydrogen) atoms. The van der Waals surface area contributed by atoms with Gasteiger partial charge in [0.25, 0.3) is 0 Å². The maximum absolute atomic E-state index is 10.2. The largest absolute Gasteiger partial charge is 0.508 e. The summed E-state index contributed by atoms with van der Waals surface area (Å²) in [6.45, 7) is 11.2. The lowest BCUT2D eigenvalue weighted by atomic mass is 9.78. The van der Waals surface area contributed by atoms with Crippen LogP contribution in [0.1, 0.15) is 51.3 Å². The lowest BCUT2D eigenvalue weighted by Gasteiger charge is -2.28. The van der Waals surface area contributed by atoms with Crippen LogP contribution in [0.15, 0.2) is 47.4 Å². The summed E-state index contributed by atoms with van der Waals surface area (Å²) in [6.07, 6.45) is 3.05. The van der Waals surface area contributed by atoms with Gasteiger partial charge in [0.15, 0.2) is 0 Å². The molecule has 0 spiro atoms. The Morgan fingerprint density at radius 1 is 0.913 bits per heavy atom. The molecule has 1 N–H and O–H groups in total. The smallest absolute Gasteiger partial charge is 0.119 e. The molecular formula is C21H28OS. The van der Waals surface area contributed by atoms with E-state index in [0.717, 1.165) is 12.0 Å². The number of hydrogen-bond acceptors (Lipinski definition) is 2. The van der Waals surface area contributed by atoms with Crippen molar-refractivity contribution in [3.8, 4) is 5.75 Å². The zero-order chi connectivity index (χ0) is 17.3. The molecule has 2 aromatic rings. The summed E-state index contributed by atoms with van der Waals surface area (Å²) in [6, 6.07) is 14.5. The summed E-state index contributed by atoms with van der Waals surface area (Å²) in [7, 11) is 0. The minimum atomic E-state index is -0.107. The van der Waals surface area contributed by atoms with Crippen LogP contribution in [0.25, 0.3) is 0 Å². The highest BCUT2D eigenvalue weighted by Gasteiger charge is 2.25. The van der Waals surface area contributed by atoms with Gasteiger partial charge >= 0.3 is 0 Å². The maximum Gasteiger partial charge on any atom is 0.119 e. The number of thioether (sulfide) groups is 1. The molecule has 0 aliphatic heterocycles. The van der Waals surface area contributed by atoms with Gasteiger partial charge in [0.05, 0.1) is 0 Å². The highest BCUT2D eigenvalue weighted by atomic mass is 32.2. The Balaban J connectivity index is 2.35. The Bertz CT molecular complexity index is 680. The molecule has 0 aromatic heterocycles. The molecule has 1 nitrogen and oxygen atoms in total. The predicted octanol–water partition coefficient (Wildman–Crippen LogP) is 5.93. The molecule has 2 rings (SSSR count). The number of para-hydroxylation sites is 1. The average molecular weight is 329 g/mol. The third-order valence-electron chi connectivity index (χ3n) is 4.35.